The van der Waals surface area contributed by atoms with E-state index in [9.17, 15) is 4.79 Å². The number of amides is 1. The lowest BCUT2D eigenvalue weighted by atomic mass is 10.1. The summed E-state index contributed by atoms with van der Waals surface area (Å²) in [5.41, 5.74) is 2.30. The number of anilines is 1. The van der Waals surface area contributed by atoms with Gasteiger partial charge in [0.1, 0.15) is 5.76 Å². The molecule has 3 rings (SSSR count). The van der Waals surface area contributed by atoms with Crippen LogP contribution in [0, 0.1) is 6.92 Å². The molecule has 0 saturated heterocycles. The van der Waals surface area contributed by atoms with E-state index in [1.165, 1.54) is 21.3 Å². The molecule has 0 spiro atoms. The highest BCUT2D eigenvalue weighted by Gasteiger charge is 2.23. The molecule has 2 aromatic carbocycles. The molecule has 0 fully saturated rings. The van der Waals surface area contributed by atoms with Gasteiger partial charge in [0.25, 0.3) is 5.91 Å². The lowest BCUT2D eigenvalue weighted by Gasteiger charge is -2.23. The third-order valence-electron chi connectivity index (χ3n) is 4.40. The van der Waals surface area contributed by atoms with Gasteiger partial charge in [0, 0.05) is 11.3 Å². The first kappa shape index (κ1) is 19.4. The molecule has 6 nitrogen and oxygen atoms in total. The van der Waals surface area contributed by atoms with Crippen molar-refractivity contribution in [2.45, 2.75) is 13.5 Å². The summed E-state index contributed by atoms with van der Waals surface area (Å²) in [5.74, 6) is 1.76. The molecule has 28 heavy (non-hydrogen) atoms. The number of methoxy groups -OCH3 is 3. The van der Waals surface area contributed by atoms with Crippen LogP contribution in [-0.4, -0.2) is 27.2 Å². The summed E-state index contributed by atoms with van der Waals surface area (Å²) in [4.78, 5) is 15.1. The highest BCUT2D eigenvalue weighted by Crippen LogP contribution is 2.38. The quantitative estimate of drug-likeness (QED) is 0.605. The first-order valence-electron chi connectivity index (χ1n) is 8.78. The number of nitrogens with zero attached hydrogens (tertiary/aromatic N) is 1. The van der Waals surface area contributed by atoms with Gasteiger partial charge in [0.05, 0.1) is 34.1 Å². The fourth-order valence-electron chi connectivity index (χ4n) is 2.92. The maximum atomic E-state index is 13.4. The van der Waals surface area contributed by atoms with Gasteiger partial charge in [-0.1, -0.05) is 17.7 Å². The Morgan fingerprint density at radius 1 is 0.964 bits per heavy atom. The minimum Gasteiger partial charge on any atom is -0.493 e. The zero-order valence-electron chi connectivity index (χ0n) is 16.4. The molecule has 6 heteroatoms. The van der Waals surface area contributed by atoms with Gasteiger partial charge in [0.2, 0.25) is 5.75 Å². The molecule has 146 valence electrons. The van der Waals surface area contributed by atoms with Crippen LogP contribution < -0.4 is 19.1 Å². The zero-order valence-corrected chi connectivity index (χ0v) is 16.4. The standard InChI is InChI=1S/C22H23NO5/c1-15-7-9-17(10-8-15)23(14-18-6-5-11-28-18)22(24)16-12-19(25-2)21(27-4)20(13-16)26-3/h5-13H,14H2,1-4H3. The van der Waals surface area contributed by atoms with E-state index in [0.29, 0.717) is 35.1 Å². The van der Waals surface area contributed by atoms with E-state index in [4.69, 9.17) is 18.6 Å². The fourth-order valence-corrected chi connectivity index (χ4v) is 2.92. The first-order chi connectivity index (χ1) is 13.6. The maximum absolute atomic E-state index is 13.4. The van der Waals surface area contributed by atoms with Crippen LogP contribution in [-0.2, 0) is 6.54 Å². The molecule has 0 saturated carbocycles. The third-order valence-corrected chi connectivity index (χ3v) is 4.40. The first-order valence-corrected chi connectivity index (χ1v) is 8.78. The number of rotatable bonds is 7. The van der Waals surface area contributed by atoms with Crippen LogP contribution in [0.5, 0.6) is 17.2 Å². The van der Waals surface area contributed by atoms with Crippen molar-refractivity contribution in [1.29, 1.82) is 0 Å². The molecule has 0 aliphatic rings. The number of furan rings is 1. The third kappa shape index (κ3) is 3.96. The van der Waals surface area contributed by atoms with Crippen molar-refractivity contribution in [3.63, 3.8) is 0 Å². The Morgan fingerprint density at radius 2 is 1.61 bits per heavy atom. The highest BCUT2D eigenvalue weighted by molar-refractivity contribution is 6.06. The Kier molecular flexibility index (Phi) is 5.89. The summed E-state index contributed by atoms with van der Waals surface area (Å²) in [5, 5.41) is 0. The van der Waals surface area contributed by atoms with Crippen molar-refractivity contribution in [1.82, 2.24) is 0 Å². The number of aryl methyl sites for hydroxylation is 1. The van der Waals surface area contributed by atoms with Crippen LogP contribution in [0.2, 0.25) is 0 Å². The SMILES string of the molecule is COc1cc(C(=O)N(Cc2ccco2)c2ccc(C)cc2)cc(OC)c1OC. The Labute approximate surface area is 164 Å². The molecule has 0 bridgehead atoms. The van der Waals surface area contributed by atoms with E-state index in [2.05, 4.69) is 0 Å². The summed E-state index contributed by atoms with van der Waals surface area (Å²) in [6, 6.07) is 14.7. The topological polar surface area (TPSA) is 61.1 Å². The van der Waals surface area contributed by atoms with Gasteiger partial charge in [-0.05, 0) is 43.3 Å². The summed E-state index contributed by atoms with van der Waals surface area (Å²) >= 11 is 0. The predicted octanol–water partition coefficient (Wildman–Crippen LogP) is 4.46. The van der Waals surface area contributed by atoms with Crippen molar-refractivity contribution in [3.05, 3.63) is 71.7 Å². The molecule has 0 aliphatic heterocycles. The number of carbonyl (C=O) groups is 1. The molecule has 1 heterocycles. The Balaban J connectivity index is 2.04. The average molecular weight is 381 g/mol. The second-order valence-electron chi connectivity index (χ2n) is 6.22. The Hall–Kier alpha value is -3.41. The van der Waals surface area contributed by atoms with Crippen molar-refractivity contribution in [3.8, 4) is 17.2 Å². The fraction of sp³-hybridized carbons (Fsp3) is 0.227. The summed E-state index contributed by atoms with van der Waals surface area (Å²) < 4.78 is 21.6. The molecule has 0 atom stereocenters. The van der Waals surface area contributed by atoms with Gasteiger partial charge in [-0.25, -0.2) is 0 Å². The van der Waals surface area contributed by atoms with Gasteiger partial charge < -0.3 is 23.5 Å². The van der Waals surface area contributed by atoms with Crippen LogP contribution in [0.1, 0.15) is 21.7 Å². The van der Waals surface area contributed by atoms with Gasteiger partial charge in [-0.2, -0.15) is 0 Å². The van der Waals surface area contributed by atoms with E-state index in [1.54, 1.807) is 29.4 Å². The van der Waals surface area contributed by atoms with Crippen LogP contribution in [0.25, 0.3) is 0 Å². The second-order valence-corrected chi connectivity index (χ2v) is 6.22. The molecular weight excluding hydrogens is 358 g/mol. The number of benzene rings is 2. The summed E-state index contributed by atoms with van der Waals surface area (Å²) in [6.45, 7) is 2.30. The Morgan fingerprint density at radius 3 is 2.11 bits per heavy atom. The maximum Gasteiger partial charge on any atom is 0.258 e. The lowest BCUT2D eigenvalue weighted by molar-refractivity contribution is 0.0982. The monoisotopic (exact) mass is 381 g/mol. The van der Waals surface area contributed by atoms with Gasteiger partial charge in [-0.15, -0.1) is 0 Å². The van der Waals surface area contributed by atoms with Crippen molar-refractivity contribution in [2.75, 3.05) is 26.2 Å². The average Bonchev–Trinajstić information content (AvgIpc) is 3.24. The van der Waals surface area contributed by atoms with Gasteiger partial charge >= 0.3 is 0 Å². The number of carbonyl (C=O) groups excluding carboxylic acids is 1. The van der Waals surface area contributed by atoms with Gasteiger partial charge in [0.15, 0.2) is 11.5 Å². The minimum atomic E-state index is -0.209. The van der Waals surface area contributed by atoms with Crippen LogP contribution >= 0.6 is 0 Å². The number of ether oxygens (including phenoxy) is 3. The van der Waals surface area contributed by atoms with Gasteiger partial charge in [-0.3, -0.25) is 4.79 Å². The van der Waals surface area contributed by atoms with Crippen LogP contribution in [0.3, 0.4) is 0 Å². The van der Waals surface area contributed by atoms with Crippen LogP contribution in [0.15, 0.2) is 59.2 Å². The zero-order chi connectivity index (χ0) is 20.1. The van der Waals surface area contributed by atoms with Crippen molar-refractivity contribution >= 4 is 11.6 Å². The molecular formula is C22H23NO5. The van der Waals surface area contributed by atoms with E-state index in [-0.39, 0.29) is 5.91 Å². The Bertz CT molecular complexity index is 907. The van der Waals surface area contributed by atoms with E-state index in [1.807, 2.05) is 37.3 Å². The summed E-state index contributed by atoms with van der Waals surface area (Å²) in [6.07, 6.45) is 1.59. The lowest BCUT2D eigenvalue weighted by Crippen LogP contribution is -2.30. The molecule has 3 aromatic rings. The normalized spacial score (nSPS) is 10.4. The van der Waals surface area contributed by atoms with Crippen LogP contribution in [0.4, 0.5) is 5.69 Å². The molecule has 0 aliphatic carbocycles. The number of hydrogen-bond acceptors (Lipinski definition) is 5. The van der Waals surface area contributed by atoms with Crippen molar-refractivity contribution in [2.24, 2.45) is 0 Å². The molecule has 1 amide bonds. The minimum absolute atomic E-state index is 0.209. The largest absolute Gasteiger partial charge is 0.493 e. The smallest absolute Gasteiger partial charge is 0.258 e. The predicted molar refractivity (Wildman–Crippen MR) is 106 cm³/mol. The van der Waals surface area contributed by atoms with E-state index in [0.717, 1.165) is 11.3 Å². The molecule has 0 radical (unpaired) electrons. The van der Waals surface area contributed by atoms with E-state index >= 15 is 0 Å². The molecule has 1 aromatic heterocycles. The molecule has 0 N–H and O–H groups in total. The van der Waals surface area contributed by atoms with Crippen molar-refractivity contribution < 1.29 is 23.4 Å². The summed E-state index contributed by atoms with van der Waals surface area (Å²) in [7, 11) is 4.57. The number of hydrogen-bond donors (Lipinski definition) is 0. The second kappa shape index (κ2) is 8.52. The highest BCUT2D eigenvalue weighted by atomic mass is 16.5. The molecule has 0 unspecified atom stereocenters. The van der Waals surface area contributed by atoms with E-state index < -0.39 is 0 Å².